The molecule has 40 heavy (non-hydrogen) atoms. The van der Waals surface area contributed by atoms with E-state index in [1.165, 1.54) is 11.8 Å². The van der Waals surface area contributed by atoms with Crippen molar-refractivity contribution in [2.24, 2.45) is 0 Å². The van der Waals surface area contributed by atoms with Gasteiger partial charge < -0.3 is 25.0 Å². The molecule has 1 fully saturated rings. The van der Waals surface area contributed by atoms with Crippen molar-refractivity contribution in [1.29, 1.82) is 0 Å². The van der Waals surface area contributed by atoms with Crippen LogP contribution in [-0.4, -0.2) is 67.8 Å². The van der Waals surface area contributed by atoms with Crippen LogP contribution in [0.15, 0.2) is 75.6 Å². The highest BCUT2D eigenvalue weighted by Gasteiger charge is 2.23. The number of nitrogens with zero attached hydrogens (tertiary/aromatic N) is 4. The molecule has 2 aromatic carbocycles. The van der Waals surface area contributed by atoms with Gasteiger partial charge in [-0.3, -0.25) is 5.10 Å². The fourth-order valence-corrected chi connectivity index (χ4v) is 5.90. The van der Waals surface area contributed by atoms with Crippen LogP contribution in [0.25, 0.3) is 0 Å². The first kappa shape index (κ1) is 27.9. The van der Waals surface area contributed by atoms with Gasteiger partial charge in [0.05, 0.1) is 18.6 Å². The predicted octanol–water partition coefficient (Wildman–Crippen LogP) is 3.77. The zero-order chi connectivity index (χ0) is 28.0. The third-order valence-corrected chi connectivity index (χ3v) is 8.48. The highest BCUT2D eigenvalue weighted by atomic mass is 32.2. The number of H-pyrrole nitrogens is 1. The summed E-state index contributed by atoms with van der Waals surface area (Å²) >= 11 is 1.33. The van der Waals surface area contributed by atoms with Gasteiger partial charge in [-0.05, 0) is 48.5 Å². The first-order chi connectivity index (χ1) is 19.4. The second-order valence-corrected chi connectivity index (χ2v) is 12.1. The molecule has 2 aromatic heterocycles. The summed E-state index contributed by atoms with van der Waals surface area (Å²) in [4.78, 5) is 12.7. The molecule has 13 heteroatoms. The Morgan fingerprint density at radius 2 is 1.80 bits per heavy atom. The van der Waals surface area contributed by atoms with Crippen molar-refractivity contribution >= 4 is 39.1 Å². The monoisotopic (exact) mass is 581 g/mol. The fraction of sp³-hybridized carbons (Fsp3) is 0.296. The number of methoxy groups -OCH3 is 1. The molecular formula is C27H31N7O4S2. The second-order valence-electron chi connectivity index (χ2n) is 9.15. The molecular weight excluding hydrogens is 550 g/mol. The zero-order valence-corrected chi connectivity index (χ0v) is 23.9. The molecule has 11 nitrogen and oxygen atoms in total. The molecule has 1 aliphatic heterocycles. The molecule has 0 amide bonds. The number of aromatic amines is 1. The summed E-state index contributed by atoms with van der Waals surface area (Å²) in [6, 6.07) is 18.0. The quantitative estimate of drug-likeness (QED) is 0.224. The Morgan fingerprint density at radius 3 is 2.48 bits per heavy atom. The van der Waals surface area contributed by atoms with E-state index in [9.17, 15) is 8.42 Å². The van der Waals surface area contributed by atoms with E-state index < -0.39 is 15.8 Å². The Bertz CT molecular complexity index is 1520. The van der Waals surface area contributed by atoms with Crippen LogP contribution in [0.2, 0.25) is 0 Å². The van der Waals surface area contributed by atoms with Crippen LogP contribution in [0.5, 0.6) is 5.75 Å². The fourth-order valence-electron chi connectivity index (χ4n) is 4.16. The van der Waals surface area contributed by atoms with Crippen LogP contribution in [0.1, 0.15) is 11.3 Å². The van der Waals surface area contributed by atoms with Gasteiger partial charge in [0.2, 0.25) is 15.6 Å². The largest absolute Gasteiger partial charge is 0.490 e. The van der Waals surface area contributed by atoms with Crippen molar-refractivity contribution < 1.29 is 17.9 Å². The normalized spacial score (nSPS) is 13.8. The van der Waals surface area contributed by atoms with Crippen molar-refractivity contribution in [2.75, 3.05) is 49.4 Å². The van der Waals surface area contributed by atoms with Gasteiger partial charge in [0, 0.05) is 42.8 Å². The van der Waals surface area contributed by atoms with Crippen LogP contribution in [-0.2, 0) is 21.2 Å². The van der Waals surface area contributed by atoms with E-state index in [1.807, 2.05) is 43.3 Å². The molecule has 0 atom stereocenters. The van der Waals surface area contributed by atoms with Gasteiger partial charge in [-0.2, -0.15) is 5.10 Å². The standard InChI is InChI=1S/C27H31N7O4S2/c1-19-16-23(33-32-19)29-25-24(37-2)26(34-14-12-28-13-15-34)31-27(30-25)39-21-8-10-22(11-9-21)40(35,36)18-38-17-20-6-4-3-5-7-20/h3-11,16,28H,12-15,17-18H2,1-2H3,(H2,29,30,31,32,33). The van der Waals surface area contributed by atoms with E-state index in [0.29, 0.717) is 28.4 Å². The molecule has 1 aliphatic rings. The number of aryl methyl sites for hydroxylation is 1. The summed E-state index contributed by atoms with van der Waals surface area (Å²) in [5, 5.41) is 14.3. The summed E-state index contributed by atoms with van der Waals surface area (Å²) in [7, 11) is -2.00. The first-order valence-corrected chi connectivity index (χ1v) is 15.2. The third-order valence-electron chi connectivity index (χ3n) is 6.14. The second kappa shape index (κ2) is 12.7. The topological polar surface area (TPSA) is 134 Å². The molecule has 0 spiro atoms. The number of piperazine rings is 1. The lowest BCUT2D eigenvalue weighted by Crippen LogP contribution is -2.44. The number of sulfone groups is 1. The molecule has 0 aliphatic carbocycles. The van der Waals surface area contributed by atoms with Crippen molar-refractivity contribution in [2.45, 2.75) is 28.5 Å². The molecule has 5 rings (SSSR count). The summed E-state index contributed by atoms with van der Waals surface area (Å²) in [5.41, 5.74) is 1.83. The molecule has 3 N–H and O–H groups in total. The molecule has 1 saturated heterocycles. The number of hydrogen-bond donors (Lipinski definition) is 3. The van der Waals surface area contributed by atoms with Crippen molar-refractivity contribution in [1.82, 2.24) is 25.5 Å². The molecule has 210 valence electrons. The molecule has 4 aromatic rings. The highest BCUT2D eigenvalue weighted by Crippen LogP contribution is 2.38. The van der Waals surface area contributed by atoms with Gasteiger partial charge in [0.15, 0.2) is 28.5 Å². The Hall–Kier alpha value is -3.65. The summed E-state index contributed by atoms with van der Waals surface area (Å²) < 4.78 is 36.8. The van der Waals surface area contributed by atoms with E-state index in [1.54, 1.807) is 31.4 Å². The van der Waals surface area contributed by atoms with E-state index in [0.717, 1.165) is 42.3 Å². The maximum atomic E-state index is 12.8. The number of aromatic nitrogens is 4. The van der Waals surface area contributed by atoms with E-state index in [4.69, 9.17) is 19.4 Å². The maximum absolute atomic E-state index is 12.8. The van der Waals surface area contributed by atoms with E-state index in [-0.39, 0.29) is 11.5 Å². The van der Waals surface area contributed by atoms with Gasteiger partial charge >= 0.3 is 0 Å². The Labute approximate surface area is 237 Å². The van der Waals surface area contributed by atoms with E-state index >= 15 is 0 Å². The number of benzene rings is 2. The Balaban J connectivity index is 1.35. The van der Waals surface area contributed by atoms with Gasteiger partial charge in [0.1, 0.15) is 0 Å². The van der Waals surface area contributed by atoms with Crippen LogP contribution in [0, 0.1) is 6.92 Å². The lowest BCUT2D eigenvalue weighted by atomic mass is 10.2. The average molecular weight is 582 g/mol. The Morgan fingerprint density at radius 1 is 1.05 bits per heavy atom. The molecule has 0 bridgehead atoms. The van der Waals surface area contributed by atoms with Crippen molar-refractivity contribution in [3.63, 3.8) is 0 Å². The minimum atomic E-state index is -3.60. The number of ether oxygens (including phenoxy) is 2. The van der Waals surface area contributed by atoms with Crippen LogP contribution in [0.3, 0.4) is 0 Å². The highest BCUT2D eigenvalue weighted by molar-refractivity contribution is 7.99. The van der Waals surface area contributed by atoms with Gasteiger partial charge in [-0.1, -0.05) is 30.3 Å². The van der Waals surface area contributed by atoms with E-state index in [2.05, 4.69) is 25.7 Å². The summed E-state index contributed by atoms with van der Waals surface area (Å²) in [6.45, 7) is 5.37. The number of hydrogen-bond acceptors (Lipinski definition) is 11. The molecule has 0 radical (unpaired) electrons. The van der Waals surface area contributed by atoms with Gasteiger partial charge in [-0.25, -0.2) is 18.4 Å². The number of nitrogens with one attached hydrogen (secondary N) is 3. The summed E-state index contributed by atoms with van der Waals surface area (Å²) in [6.07, 6.45) is 0. The van der Waals surface area contributed by atoms with Gasteiger partial charge in [-0.15, -0.1) is 0 Å². The minimum absolute atomic E-state index is 0.193. The molecule has 3 heterocycles. The predicted molar refractivity (Wildman–Crippen MR) is 154 cm³/mol. The number of rotatable bonds is 11. The Kier molecular flexibility index (Phi) is 8.85. The maximum Gasteiger partial charge on any atom is 0.204 e. The SMILES string of the molecule is COc1c(Nc2cc(C)[nH]n2)nc(Sc2ccc(S(=O)(=O)COCc3ccccc3)cc2)nc1N1CCNCC1. The zero-order valence-electron chi connectivity index (χ0n) is 22.3. The lowest BCUT2D eigenvalue weighted by Gasteiger charge is -2.30. The molecule has 0 saturated carbocycles. The van der Waals surface area contributed by atoms with Crippen LogP contribution in [0.4, 0.5) is 17.5 Å². The average Bonchev–Trinajstić information content (AvgIpc) is 3.38. The third kappa shape index (κ3) is 6.91. The smallest absolute Gasteiger partial charge is 0.204 e. The van der Waals surface area contributed by atoms with Crippen LogP contribution >= 0.6 is 11.8 Å². The minimum Gasteiger partial charge on any atom is -0.490 e. The van der Waals surface area contributed by atoms with Crippen molar-refractivity contribution in [3.05, 3.63) is 71.9 Å². The first-order valence-electron chi connectivity index (χ1n) is 12.7. The summed E-state index contributed by atoms with van der Waals surface area (Å²) in [5.74, 6) is 1.93. The van der Waals surface area contributed by atoms with Gasteiger partial charge in [0.25, 0.3) is 0 Å². The van der Waals surface area contributed by atoms with Crippen molar-refractivity contribution in [3.8, 4) is 5.75 Å². The van der Waals surface area contributed by atoms with Crippen LogP contribution < -0.4 is 20.3 Å². The number of anilines is 3. The molecule has 0 unspecified atom stereocenters. The lowest BCUT2D eigenvalue weighted by molar-refractivity contribution is 0.163.